The highest BCUT2D eigenvalue weighted by Crippen LogP contribution is 2.17. The second-order valence-electron chi connectivity index (χ2n) is 4.74. The molecule has 1 unspecified atom stereocenters. The molecule has 3 heterocycles. The third kappa shape index (κ3) is 2.00. The molecule has 17 heavy (non-hydrogen) atoms. The summed E-state index contributed by atoms with van der Waals surface area (Å²) in [7, 11) is 0. The third-order valence-electron chi connectivity index (χ3n) is 3.52. The van der Waals surface area contributed by atoms with Crippen LogP contribution in [0.3, 0.4) is 0 Å². The minimum Gasteiger partial charge on any atom is -0.397 e. The van der Waals surface area contributed by atoms with Crippen molar-refractivity contribution in [1.29, 1.82) is 0 Å². The first-order valence-corrected chi connectivity index (χ1v) is 6.28. The zero-order valence-electron chi connectivity index (χ0n) is 9.89. The lowest BCUT2D eigenvalue weighted by Crippen LogP contribution is -2.36. The van der Waals surface area contributed by atoms with Gasteiger partial charge in [-0.2, -0.15) is 0 Å². The van der Waals surface area contributed by atoms with Gasteiger partial charge in [0.2, 0.25) is 0 Å². The van der Waals surface area contributed by atoms with Gasteiger partial charge in [-0.25, -0.2) is 4.98 Å². The van der Waals surface area contributed by atoms with Gasteiger partial charge in [0.15, 0.2) is 0 Å². The molecule has 0 aromatic carbocycles. The van der Waals surface area contributed by atoms with Crippen molar-refractivity contribution in [2.24, 2.45) is 0 Å². The summed E-state index contributed by atoms with van der Waals surface area (Å²) in [5.41, 5.74) is 7.73. The van der Waals surface area contributed by atoms with Crippen LogP contribution in [0.1, 0.15) is 25.1 Å². The third-order valence-corrected chi connectivity index (χ3v) is 3.52. The molecular weight excluding hydrogens is 212 g/mol. The Morgan fingerprint density at radius 3 is 3.24 bits per heavy atom. The maximum atomic E-state index is 5.93. The Labute approximate surface area is 101 Å². The molecule has 1 aliphatic rings. The lowest BCUT2D eigenvalue weighted by Gasteiger charge is -2.22. The molecule has 0 spiro atoms. The van der Waals surface area contributed by atoms with Crippen LogP contribution in [-0.4, -0.2) is 22.0 Å². The fourth-order valence-corrected chi connectivity index (χ4v) is 2.57. The molecular formula is C13H18N4. The number of fused-ring (bicyclic) bond motifs is 1. The Kier molecular flexibility index (Phi) is 2.73. The van der Waals surface area contributed by atoms with E-state index in [1.165, 1.54) is 19.3 Å². The first-order valence-electron chi connectivity index (χ1n) is 6.28. The molecule has 2 aromatic rings. The molecule has 3 rings (SSSR count). The van der Waals surface area contributed by atoms with Crippen LogP contribution in [0, 0.1) is 0 Å². The number of aromatic nitrogens is 2. The summed E-state index contributed by atoms with van der Waals surface area (Å²) in [6, 6.07) is 4.46. The first-order chi connectivity index (χ1) is 8.34. The lowest BCUT2D eigenvalue weighted by atomic mass is 10.0. The molecule has 0 radical (unpaired) electrons. The molecule has 0 saturated carbocycles. The van der Waals surface area contributed by atoms with Crippen LogP contribution in [0.2, 0.25) is 0 Å². The monoisotopic (exact) mass is 230 g/mol. The van der Waals surface area contributed by atoms with Crippen LogP contribution in [0.15, 0.2) is 24.5 Å². The van der Waals surface area contributed by atoms with Crippen LogP contribution in [0.5, 0.6) is 0 Å². The van der Waals surface area contributed by atoms with Crippen molar-refractivity contribution in [1.82, 2.24) is 14.7 Å². The summed E-state index contributed by atoms with van der Waals surface area (Å²) < 4.78 is 2.10. The quantitative estimate of drug-likeness (QED) is 0.824. The van der Waals surface area contributed by atoms with E-state index in [1.54, 1.807) is 0 Å². The summed E-state index contributed by atoms with van der Waals surface area (Å²) >= 11 is 0. The largest absolute Gasteiger partial charge is 0.397 e. The number of pyridine rings is 1. The molecule has 2 aromatic heterocycles. The van der Waals surface area contributed by atoms with E-state index in [1.807, 2.05) is 24.5 Å². The fraction of sp³-hybridized carbons (Fsp3) is 0.462. The molecule has 1 saturated heterocycles. The van der Waals surface area contributed by atoms with E-state index in [2.05, 4.69) is 14.7 Å². The highest BCUT2D eigenvalue weighted by Gasteiger charge is 2.15. The molecule has 0 amide bonds. The standard InChI is InChI=1S/C13H18N4/c14-11-5-3-7-17-12(11)9-16-13(17)8-10-4-1-2-6-15-10/h3,5,7,9-10,15H,1-2,4,6,8,14H2. The second-order valence-corrected chi connectivity index (χ2v) is 4.74. The smallest absolute Gasteiger partial charge is 0.114 e. The average Bonchev–Trinajstić information content (AvgIpc) is 2.76. The van der Waals surface area contributed by atoms with E-state index in [0.29, 0.717) is 6.04 Å². The van der Waals surface area contributed by atoms with Crippen molar-refractivity contribution < 1.29 is 0 Å². The fourth-order valence-electron chi connectivity index (χ4n) is 2.57. The Hall–Kier alpha value is -1.55. The van der Waals surface area contributed by atoms with Crippen molar-refractivity contribution >= 4 is 11.2 Å². The van der Waals surface area contributed by atoms with Crippen LogP contribution >= 0.6 is 0 Å². The molecule has 1 atom stereocenters. The van der Waals surface area contributed by atoms with Crippen LogP contribution in [-0.2, 0) is 6.42 Å². The Bertz CT molecular complexity index is 511. The number of hydrogen-bond acceptors (Lipinski definition) is 3. The maximum Gasteiger partial charge on any atom is 0.114 e. The number of imidazole rings is 1. The Balaban J connectivity index is 1.87. The molecule has 1 aliphatic heterocycles. The zero-order chi connectivity index (χ0) is 11.7. The minimum absolute atomic E-state index is 0.566. The number of piperidine rings is 1. The first kappa shape index (κ1) is 10.6. The van der Waals surface area contributed by atoms with Crippen molar-refractivity contribution in [3.05, 3.63) is 30.4 Å². The molecule has 4 nitrogen and oxygen atoms in total. The van der Waals surface area contributed by atoms with Crippen LogP contribution in [0.4, 0.5) is 5.69 Å². The average molecular weight is 230 g/mol. The molecule has 90 valence electrons. The van der Waals surface area contributed by atoms with Gasteiger partial charge in [-0.05, 0) is 31.5 Å². The van der Waals surface area contributed by atoms with Crippen LogP contribution in [0.25, 0.3) is 5.52 Å². The number of nitrogen functional groups attached to an aromatic ring is 1. The SMILES string of the molecule is Nc1cccn2c(CC3CCCCN3)ncc12. The Morgan fingerprint density at radius 1 is 1.47 bits per heavy atom. The highest BCUT2D eigenvalue weighted by molar-refractivity contribution is 5.68. The van der Waals surface area contributed by atoms with E-state index in [4.69, 9.17) is 5.73 Å². The number of rotatable bonds is 2. The summed E-state index contributed by atoms with van der Waals surface area (Å²) in [5, 5.41) is 3.55. The van der Waals surface area contributed by atoms with Crippen molar-refractivity contribution in [3.63, 3.8) is 0 Å². The summed E-state index contributed by atoms with van der Waals surface area (Å²) in [6.45, 7) is 1.14. The van der Waals surface area contributed by atoms with Gasteiger partial charge in [0.05, 0.1) is 17.4 Å². The lowest BCUT2D eigenvalue weighted by molar-refractivity contribution is 0.394. The predicted molar refractivity (Wildman–Crippen MR) is 69.0 cm³/mol. The van der Waals surface area contributed by atoms with E-state index < -0.39 is 0 Å². The summed E-state index contributed by atoms with van der Waals surface area (Å²) in [5.74, 6) is 1.10. The number of anilines is 1. The number of nitrogens with one attached hydrogen (secondary N) is 1. The van der Waals surface area contributed by atoms with Gasteiger partial charge in [0.1, 0.15) is 5.82 Å². The van der Waals surface area contributed by atoms with Gasteiger partial charge >= 0.3 is 0 Å². The van der Waals surface area contributed by atoms with Gasteiger partial charge in [0.25, 0.3) is 0 Å². The maximum absolute atomic E-state index is 5.93. The topological polar surface area (TPSA) is 55.4 Å². The molecule has 0 bridgehead atoms. The van der Waals surface area contributed by atoms with Gasteiger partial charge in [-0.3, -0.25) is 0 Å². The van der Waals surface area contributed by atoms with Gasteiger partial charge in [-0.15, -0.1) is 0 Å². The second kappa shape index (κ2) is 4.37. The molecule has 0 aliphatic carbocycles. The highest BCUT2D eigenvalue weighted by atomic mass is 15.0. The molecule has 3 N–H and O–H groups in total. The van der Waals surface area contributed by atoms with Crippen LogP contribution < -0.4 is 11.1 Å². The normalized spacial score (nSPS) is 20.8. The van der Waals surface area contributed by atoms with Crippen molar-refractivity contribution in [2.75, 3.05) is 12.3 Å². The Morgan fingerprint density at radius 2 is 2.41 bits per heavy atom. The summed E-state index contributed by atoms with van der Waals surface area (Å²) in [6.07, 6.45) is 8.76. The van der Waals surface area contributed by atoms with Gasteiger partial charge in [0, 0.05) is 18.7 Å². The molecule has 1 fully saturated rings. The van der Waals surface area contributed by atoms with Crippen molar-refractivity contribution in [2.45, 2.75) is 31.7 Å². The molecule has 4 heteroatoms. The number of nitrogens with two attached hydrogens (primary N) is 1. The number of hydrogen-bond donors (Lipinski definition) is 2. The van der Waals surface area contributed by atoms with E-state index in [9.17, 15) is 0 Å². The van der Waals surface area contributed by atoms with Gasteiger partial charge in [-0.1, -0.05) is 6.42 Å². The minimum atomic E-state index is 0.566. The van der Waals surface area contributed by atoms with E-state index in [0.717, 1.165) is 30.0 Å². The zero-order valence-corrected chi connectivity index (χ0v) is 9.89. The van der Waals surface area contributed by atoms with Crippen molar-refractivity contribution in [3.8, 4) is 0 Å². The number of nitrogens with zero attached hydrogens (tertiary/aromatic N) is 2. The van der Waals surface area contributed by atoms with Gasteiger partial charge < -0.3 is 15.5 Å². The summed E-state index contributed by atoms with van der Waals surface area (Å²) in [4.78, 5) is 4.49. The van der Waals surface area contributed by atoms with E-state index >= 15 is 0 Å². The predicted octanol–water partition coefficient (Wildman–Crippen LogP) is 1.60. The van der Waals surface area contributed by atoms with E-state index in [-0.39, 0.29) is 0 Å².